The van der Waals surface area contributed by atoms with Crippen LogP contribution in [0.15, 0.2) is 30.3 Å². The first-order valence-corrected chi connectivity index (χ1v) is 18.0. The lowest BCUT2D eigenvalue weighted by molar-refractivity contribution is -0.138. The van der Waals surface area contributed by atoms with Crippen molar-refractivity contribution in [2.45, 2.75) is 83.0 Å². The first kappa shape index (κ1) is 31.8. The van der Waals surface area contributed by atoms with Gasteiger partial charge in [-0.05, 0) is 68.2 Å². The molecular weight excluding hydrogens is 680 g/mol. The largest absolute Gasteiger partial charge is 0.465 e. The fourth-order valence-corrected chi connectivity index (χ4v) is 9.69. The van der Waals surface area contributed by atoms with Crippen LogP contribution >= 0.6 is 23.2 Å². The number of carbonyl (C=O) groups is 3. The van der Waals surface area contributed by atoms with Gasteiger partial charge in [0, 0.05) is 64.9 Å². The lowest BCUT2D eigenvalue weighted by Gasteiger charge is -2.40. The number of ketones is 1. The topological polar surface area (TPSA) is 120 Å². The van der Waals surface area contributed by atoms with E-state index in [9.17, 15) is 24.8 Å². The maximum atomic E-state index is 17.3. The number of hydrogen-bond donors (Lipinski definition) is 1. The molecule has 12 heteroatoms. The molecule has 3 aliphatic carbocycles. The maximum Gasteiger partial charge on any atom is 0.407 e. The quantitative estimate of drug-likeness (QED) is 0.192. The molecule has 10 rings (SSSR count). The minimum Gasteiger partial charge on any atom is -0.465 e. The van der Waals surface area contributed by atoms with E-state index < -0.39 is 11.9 Å². The summed E-state index contributed by atoms with van der Waals surface area (Å²) in [4.78, 5) is 48.1. The van der Waals surface area contributed by atoms with Crippen molar-refractivity contribution in [2.24, 2.45) is 17.3 Å². The lowest BCUT2D eigenvalue weighted by atomic mass is 9.79. The van der Waals surface area contributed by atoms with Gasteiger partial charge in [0.15, 0.2) is 11.6 Å². The van der Waals surface area contributed by atoms with Crippen molar-refractivity contribution in [3.05, 3.63) is 63.1 Å². The van der Waals surface area contributed by atoms with Crippen LogP contribution in [0.1, 0.15) is 86.2 Å². The molecule has 9 nitrogen and oxygen atoms in total. The van der Waals surface area contributed by atoms with Gasteiger partial charge in [-0.15, -0.1) is 0 Å². The third-order valence-electron chi connectivity index (χ3n) is 12.2. The predicted octanol–water partition coefficient (Wildman–Crippen LogP) is 8.35. The van der Waals surface area contributed by atoms with E-state index in [1.165, 1.54) is 11.8 Å². The number of fused-ring (bicyclic) bond motifs is 5. The van der Waals surface area contributed by atoms with E-state index in [4.69, 9.17) is 28.2 Å². The van der Waals surface area contributed by atoms with E-state index in [2.05, 4.69) is 15.5 Å². The van der Waals surface area contributed by atoms with Crippen LogP contribution in [0.5, 0.6) is 0 Å². The van der Waals surface area contributed by atoms with Crippen molar-refractivity contribution >= 4 is 62.8 Å². The highest BCUT2D eigenvalue weighted by Gasteiger charge is 2.61. The van der Waals surface area contributed by atoms with Crippen molar-refractivity contribution in [1.82, 2.24) is 19.4 Å². The number of carboxylic acid groups (broad SMARTS) is 1. The van der Waals surface area contributed by atoms with E-state index in [1.54, 1.807) is 18.2 Å². The molecule has 0 unspecified atom stereocenters. The maximum absolute atomic E-state index is 17.3. The molecule has 3 saturated heterocycles. The van der Waals surface area contributed by atoms with Crippen LogP contribution in [0.2, 0.25) is 10.0 Å². The van der Waals surface area contributed by atoms with Gasteiger partial charge in [0.05, 0.1) is 39.8 Å². The van der Waals surface area contributed by atoms with Gasteiger partial charge in [-0.3, -0.25) is 9.59 Å². The van der Waals surface area contributed by atoms with Gasteiger partial charge in [-0.25, -0.2) is 14.2 Å². The molecule has 6 fully saturated rings. The summed E-state index contributed by atoms with van der Waals surface area (Å²) in [5.41, 5.74) is 2.23. The molecule has 2 aromatic heterocycles. The molecule has 3 aliphatic heterocycles. The number of amides is 2. The summed E-state index contributed by atoms with van der Waals surface area (Å²) in [7, 11) is 0. The Balaban J connectivity index is 1.35. The Bertz CT molecular complexity index is 2260. The van der Waals surface area contributed by atoms with Crippen LogP contribution in [0, 0.1) is 34.4 Å². The third kappa shape index (κ3) is 4.42. The highest BCUT2D eigenvalue weighted by Crippen LogP contribution is 2.60. The second-order valence-corrected chi connectivity index (χ2v) is 16.0. The van der Waals surface area contributed by atoms with E-state index >= 15 is 4.39 Å². The zero-order valence-corrected chi connectivity index (χ0v) is 29.1. The standard InChI is InChI=1S/C38H34Cl2FN5O4/c1-17(47)32-23-15-27(26-13-19-12-25(19)45(26)36(48)38(2)8-9-38)46(34-20-14-28(34)44(16-20)37(49)50)35(23)22-11-18(5-4-10-42)29(31(41)33(22)43-32)21-6-3-7-24(39)30(21)40/h3,6-7,11,15,19-20,25-26,28,34H,4-5,8-9,12-14,16H2,1-2H3,(H,49,50)/t19-,20-,25-,26-,28-,34+/m1/s1. The summed E-state index contributed by atoms with van der Waals surface area (Å²) in [6.45, 7) is 3.81. The van der Waals surface area contributed by atoms with Crippen molar-refractivity contribution in [3.8, 4) is 17.2 Å². The van der Waals surface area contributed by atoms with E-state index in [0.717, 1.165) is 31.4 Å². The average molecular weight is 715 g/mol. The molecule has 2 aromatic carbocycles. The number of pyridine rings is 1. The van der Waals surface area contributed by atoms with Crippen LogP contribution in [0.3, 0.4) is 0 Å². The van der Waals surface area contributed by atoms with Gasteiger partial charge < -0.3 is 19.5 Å². The number of hydrogen-bond acceptors (Lipinski definition) is 5. The molecule has 50 heavy (non-hydrogen) atoms. The summed E-state index contributed by atoms with van der Waals surface area (Å²) in [6, 6.07) is 10.3. The number of carbonyl (C=O) groups excluding carboxylic acids is 2. The second kappa shape index (κ2) is 10.9. The SMILES string of the molecule is CC(=O)c1nc2c(F)c(-c3cccc(Cl)c3Cl)c(CCC#N)cc2c2c1cc([C@H]1C[C@H]3C[C@H]3N1C(=O)C1(C)CC1)n2[C@H]1[C@@H]2C[C@H]1N(C(=O)O)C2. The van der Waals surface area contributed by atoms with Crippen molar-refractivity contribution in [3.63, 3.8) is 0 Å². The normalized spacial score (nSPS) is 27.0. The number of Topliss-reactive ketones (excluding diaryl/α,β-unsaturated/α-hetero) is 1. The number of aryl methyl sites for hydroxylation is 1. The average Bonchev–Trinajstić information content (AvgIpc) is 3.75. The molecule has 6 atom stereocenters. The predicted molar refractivity (Wildman–Crippen MR) is 186 cm³/mol. The molecule has 3 saturated carbocycles. The zero-order valence-electron chi connectivity index (χ0n) is 27.5. The molecule has 2 amide bonds. The number of piperidine rings is 1. The number of nitrogens with zero attached hydrogens (tertiary/aromatic N) is 5. The van der Waals surface area contributed by atoms with Crippen LogP contribution in [-0.4, -0.2) is 60.9 Å². The molecule has 4 aromatic rings. The Morgan fingerprint density at radius 1 is 1.10 bits per heavy atom. The zero-order chi connectivity index (χ0) is 35.0. The summed E-state index contributed by atoms with van der Waals surface area (Å²) < 4.78 is 19.4. The minimum absolute atomic E-state index is 0.0166. The molecule has 2 bridgehead atoms. The Kier molecular flexibility index (Phi) is 6.92. The Morgan fingerprint density at radius 2 is 1.86 bits per heavy atom. The van der Waals surface area contributed by atoms with E-state index in [1.807, 2.05) is 19.1 Å². The Labute approximate surface area is 297 Å². The van der Waals surface area contributed by atoms with Gasteiger partial charge in [0.1, 0.15) is 11.2 Å². The van der Waals surface area contributed by atoms with Gasteiger partial charge in [-0.2, -0.15) is 5.26 Å². The smallest absolute Gasteiger partial charge is 0.407 e. The minimum atomic E-state index is -0.984. The monoisotopic (exact) mass is 713 g/mol. The molecule has 5 heterocycles. The molecule has 0 radical (unpaired) electrons. The van der Waals surface area contributed by atoms with Crippen molar-refractivity contribution in [1.29, 1.82) is 5.26 Å². The van der Waals surface area contributed by atoms with Gasteiger partial charge in [-0.1, -0.05) is 42.3 Å². The summed E-state index contributed by atoms with van der Waals surface area (Å²) >= 11 is 13.0. The number of halogens is 3. The first-order valence-electron chi connectivity index (χ1n) is 17.3. The number of rotatable bonds is 7. The summed E-state index contributed by atoms with van der Waals surface area (Å²) in [5.74, 6) is -0.470. The van der Waals surface area contributed by atoms with Crippen molar-refractivity contribution < 1.29 is 23.9 Å². The number of aromatic nitrogens is 2. The van der Waals surface area contributed by atoms with Gasteiger partial charge in [0.2, 0.25) is 5.91 Å². The van der Waals surface area contributed by atoms with Crippen molar-refractivity contribution in [2.75, 3.05) is 6.54 Å². The molecule has 1 N–H and O–H groups in total. The fourth-order valence-electron chi connectivity index (χ4n) is 9.29. The fraction of sp³-hybridized carbons (Fsp3) is 0.447. The lowest BCUT2D eigenvalue weighted by Crippen LogP contribution is -2.44. The van der Waals surface area contributed by atoms with Gasteiger partial charge in [0.25, 0.3) is 0 Å². The Morgan fingerprint density at radius 3 is 2.54 bits per heavy atom. The summed E-state index contributed by atoms with van der Waals surface area (Å²) in [5, 5.41) is 21.1. The number of benzene rings is 2. The van der Waals surface area contributed by atoms with Gasteiger partial charge >= 0.3 is 6.09 Å². The van der Waals surface area contributed by atoms with Crippen LogP contribution in [0.4, 0.5) is 9.18 Å². The number of nitriles is 1. The second-order valence-electron chi connectivity index (χ2n) is 15.2. The highest BCUT2D eigenvalue weighted by molar-refractivity contribution is 6.43. The first-order chi connectivity index (χ1) is 23.9. The van der Waals surface area contributed by atoms with Crippen LogP contribution in [-0.2, 0) is 11.2 Å². The molecular formula is C38H34Cl2FN5O4. The highest BCUT2D eigenvalue weighted by atomic mass is 35.5. The molecule has 256 valence electrons. The van der Waals surface area contributed by atoms with E-state index in [-0.39, 0.29) is 86.9 Å². The molecule has 6 aliphatic rings. The third-order valence-corrected chi connectivity index (χ3v) is 13.0. The Hall–Kier alpha value is -4.20. The molecule has 0 spiro atoms. The van der Waals surface area contributed by atoms with E-state index in [0.29, 0.717) is 46.3 Å². The number of likely N-dealkylation sites (tertiary alicyclic amines) is 1. The van der Waals surface area contributed by atoms with Crippen LogP contribution < -0.4 is 0 Å². The summed E-state index contributed by atoms with van der Waals surface area (Å²) in [6.07, 6.45) is 3.49. The van der Waals surface area contributed by atoms with Crippen LogP contribution in [0.25, 0.3) is 32.9 Å².